The van der Waals surface area contributed by atoms with E-state index in [0.717, 1.165) is 0 Å². The molecule has 0 saturated heterocycles. The van der Waals surface area contributed by atoms with Crippen LogP contribution in [0.1, 0.15) is 10.6 Å². The average molecular weight is 386 g/mol. The molecule has 0 aliphatic heterocycles. The minimum absolute atomic E-state index is 0.212. The molecule has 0 radical (unpaired) electrons. The van der Waals surface area contributed by atoms with Gasteiger partial charge < -0.3 is 24.9 Å². The molecular weight excluding hydrogens is 368 g/mol. The lowest BCUT2D eigenvalue weighted by molar-refractivity contribution is -0.136. The van der Waals surface area contributed by atoms with Crippen molar-refractivity contribution in [2.75, 3.05) is 19.0 Å². The molecule has 0 aliphatic rings. The maximum atomic E-state index is 12.2. The molecule has 1 atom stereocenters. The number of anilines is 1. The number of rotatable bonds is 6. The van der Waals surface area contributed by atoms with Crippen LogP contribution in [0.5, 0.6) is 5.75 Å². The summed E-state index contributed by atoms with van der Waals surface area (Å²) >= 11 is 1.32. The molecule has 3 aromatic rings. The van der Waals surface area contributed by atoms with E-state index in [1.165, 1.54) is 24.7 Å². The fourth-order valence-electron chi connectivity index (χ4n) is 2.47. The highest BCUT2D eigenvalue weighted by Crippen LogP contribution is 2.32. The summed E-state index contributed by atoms with van der Waals surface area (Å²) in [6.07, 6.45) is 1.44. The Morgan fingerprint density at radius 1 is 1.15 bits per heavy atom. The average Bonchev–Trinajstić information content (AvgIpc) is 3.40. The number of methoxy groups -OCH3 is 1. The van der Waals surface area contributed by atoms with E-state index in [-0.39, 0.29) is 12.3 Å². The molecule has 8 heteroatoms. The second kappa shape index (κ2) is 8.07. The third-order valence-corrected chi connectivity index (χ3v) is 4.94. The predicted molar refractivity (Wildman–Crippen MR) is 101 cm³/mol. The Morgan fingerprint density at radius 3 is 2.52 bits per heavy atom. The lowest BCUT2D eigenvalue weighted by atomic mass is 9.98. The van der Waals surface area contributed by atoms with E-state index < -0.39 is 17.4 Å². The smallest absolute Gasteiger partial charge is 0.313 e. The highest BCUT2D eigenvalue weighted by atomic mass is 32.1. The van der Waals surface area contributed by atoms with Crippen molar-refractivity contribution >= 4 is 28.8 Å². The summed E-state index contributed by atoms with van der Waals surface area (Å²) in [5.41, 5.74) is -1.11. The molecule has 1 unspecified atom stereocenters. The molecule has 2 aromatic heterocycles. The van der Waals surface area contributed by atoms with Gasteiger partial charge >= 0.3 is 11.8 Å². The van der Waals surface area contributed by atoms with E-state index in [2.05, 4.69) is 10.6 Å². The van der Waals surface area contributed by atoms with Gasteiger partial charge in [0.15, 0.2) is 5.60 Å². The van der Waals surface area contributed by atoms with Crippen LogP contribution in [0.4, 0.5) is 5.69 Å². The fourth-order valence-corrected chi connectivity index (χ4v) is 3.30. The monoisotopic (exact) mass is 386 g/mol. The zero-order chi connectivity index (χ0) is 19.3. The maximum Gasteiger partial charge on any atom is 0.313 e. The molecule has 3 rings (SSSR count). The Balaban J connectivity index is 1.66. The quantitative estimate of drug-likeness (QED) is 0.565. The molecule has 0 bridgehead atoms. The third-order valence-electron chi connectivity index (χ3n) is 3.92. The normalized spacial score (nSPS) is 12.8. The van der Waals surface area contributed by atoms with Gasteiger partial charge in [-0.3, -0.25) is 9.59 Å². The molecule has 7 nitrogen and oxygen atoms in total. The molecule has 0 fully saturated rings. The first-order chi connectivity index (χ1) is 13.0. The van der Waals surface area contributed by atoms with Crippen molar-refractivity contribution in [3.05, 3.63) is 70.8 Å². The van der Waals surface area contributed by atoms with Crippen molar-refractivity contribution in [3.8, 4) is 5.75 Å². The number of thiophene rings is 1. The minimum Gasteiger partial charge on any atom is -0.497 e. The summed E-state index contributed by atoms with van der Waals surface area (Å²) in [5, 5.41) is 17.8. The van der Waals surface area contributed by atoms with Gasteiger partial charge in [-0.15, -0.1) is 11.3 Å². The van der Waals surface area contributed by atoms with Crippen LogP contribution in [0.25, 0.3) is 0 Å². The molecular formula is C19H18N2O5S. The van der Waals surface area contributed by atoms with E-state index >= 15 is 0 Å². The van der Waals surface area contributed by atoms with Gasteiger partial charge in [0.2, 0.25) is 0 Å². The highest BCUT2D eigenvalue weighted by Gasteiger charge is 2.36. The highest BCUT2D eigenvalue weighted by molar-refractivity contribution is 7.10. The van der Waals surface area contributed by atoms with Crippen molar-refractivity contribution in [1.82, 2.24) is 5.32 Å². The molecule has 0 aliphatic carbocycles. The van der Waals surface area contributed by atoms with Gasteiger partial charge in [0, 0.05) is 10.6 Å². The Morgan fingerprint density at radius 2 is 1.93 bits per heavy atom. The molecule has 0 spiro atoms. The Kier molecular flexibility index (Phi) is 5.58. The van der Waals surface area contributed by atoms with Crippen molar-refractivity contribution in [2.45, 2.75) is 5.60 Å². The van der Waals surface area contributed by atoms with Crippen LogP contribution in [0, 0.1) is 0 Å². The number of benzene rings is 1. The summed E-state index contributed by atoms with van der Waals surface area (Å²) in [5.74, 6) is -0.793. The van der Waals surface area contributed by atoms with Crippen LogP contribution in [-0.4, -0.2) is 30.6 Å². The number of amides is 2. The maximum absolute atomic E-state index is 12.2. The lowest BCUT2D eigenvalue weighted by Crippen LogP contribution is -2.44. The largest absolute Gasteiger partial charge is 0.497 e. The van der Waals surface area contributed by atoms with E-state index in [1.54, 1.807) is 53.9 Å². The van der Waals surface area contributed by atoms with Crippen molar-refractivity contribution in [1.29, 1.82) is 0 Å². The van der Waals surface area contributed by atoms with Gasteiger partial charge in [-0.1, -0.05) is 6.07 Å². The minimum atomic E-state index is -1.56. The Bertz CT molecular complexity index is 855. The Labute approximate surface area is 159 Å². The number of hydrogen-bond acceptors (Lipinski definition) is 6. The van der Waals surface area contributed by atoms with Crippen LogP contribution in [0.3, 0.4) is 0 Å². The molecule has 0 saturated carbocycles. The lowest BCUT2D eigenvalue weighted by Gasteiger charge is -2.25. The van der Waals surface area contributed by atoms with Crippen LogP contribution >= 0.6 is 11.3 Å². The van der Waals surface area contributed by atoms with Gasteiger partial charge in [-0.25, -0.2) is 0 Å². The van der Waals surface area contributed by atoms with Gasteiger partial charge in [0.1, 0.15) is 11.5 Å². The van der Waals surface area contributed by atoms with Crippen molar-refractivity contribution in [3.63, 3.8) is 0 Å². The van der Waals surface area contributed by atoms with Crippen molar-refractivity contribution in [2.24, 2.45) is 0 Å². The number of carbonyl (C=O) groups excluding carboxylic acids is 2. The number of aliphatic hydroxyl groups is 1. The molecule has 2 amide bonds. The van der Waals surface area contributed by atoms with Crippen LogP contribution in [0.15, 0.2) is 64.6 Å². The van der Waals surface area contributed by atoms with E-state index in [0.29, 0.717) is 16.3 Å². The first kappa shape index (κ1) is 18.7. The number of furan rings is 1. The zero-order valence-corrected chi connectivity index (χ0v) is 15.3. The topological polar surface area (TPSA) is 101 Å². The van der Waals surface area contributed by atoms with Crippen LogP contribution in [0.2, 0.25) is 0 Å². The summed E-state index contributed by atoms with van der Waals surface area (Å²) in [4.78, 5) is 24.9. The third kappa shape index (κ3) is 4.18. The summed E-state index contributed by atoms with van der Waals surface area (Å²) in [7, 11) is 1.54. The van der Waals surface area contributed by atoms with Gasteiger partial charge in [0.05, 0.1) is 19.9 Å². The van der Waals surface area contributed by atoms with Gasteiger partial charge in [0.25, 0.3) is 0 Å². The predicted octanol–water partition coefficient (Wildman–Crippen LogP) is 2.34. The van der Waals surface area contributed by atoms with E-state index in [1.807, 2.05) is 0 Å². The standard InChI is InChI=1S/C19H18N2O5S/c1-25-14-8-6-13(7-9-14)21-18(23)17(22)20-12-19(24,15-4-2-10-26-15)16-5-3-11-27-16/h2-11,24H,12H2,1H3,(H,20,22)(H,21,23). The van der Waals surface area contributed by atoms with Crippen LogP contribution in [-0.2, 0) is 15.2 Å². The molecule has 27 heavy (non-hydrogen) atoms. The number of carbonyl (C=O) groups is 2. The Hall–Kier alpha value is -3.10. The molecule has 140 valence electrons. The molecule has 2 heterocycles. The van der Waals surface area contributed by atoms with E-state index in [4.69, 9.17) is 9.15 Å². The summed E-state index contributed by atoms with van der Waals surface area (Å²) < 4.78 is 10.4. The van der Waals surface area contributed by atoms with Crippen molar-refractivity contribution < 1.29 is 23.8 Å². The van der Waals surface area contributed by atoms with Gasteiger partial charge in [-0.2, -0.15) is 0 Å². The first-order valence-corrected chi connectivity index (χ1v) is 8.94. The van der Waals surface area contributed by atoms with Crippen LogP contribution < -0.4 is 15.4 Å². The zero-order valence-electron chi connectivity index (χ0n) is 14.5. The first-order valence-electron chi connectivity index (χ1n) is 8.06. The molecule has 1 aromatic carbocycles. The number of hydrogen-bond donors (Lipinski definition) is 3. The van der Waals surface area contributed by atoms with Gasteiger partial charge in [-0.05, 0) is 47.8 Å². The SMILES string of the molecule is COc1ccc(NC(=O)C(=O)NCC(O)(c2ccco2)c2cccs2)cc1. The number of ether oxygens (including phenoxy) is 1. The summed E-state index contributed by atoms with van der Waals surface area (Å²) in [6.45, 7) is -0.212. The summed E-state index contributed by atoms with van der Waals surface area (Å²) in [6, 6.07) is 13.3. The van der Waals surface area contributed by atoms with E-state index in [9.17, 15) is 14.7 Å². The fraction of sp³-hybridized carbons (Fsp3) is 0.158. The number of nitrogens with one attached hydrogen (secondary N) is 2. The molecule has 3 N–H and O–H groups in total. The second-order valence-electron chi connectivity index (χ2n) is 5.68. The second-order valence-corrected chi connectivity index (χ2v) is 6.63.